The summed E-state index contributed by atoms with van der Waals surface area (Å²) in [5.41, 5.74) is 8.34. The van der Waals surface area contributed by atoms with Gasteiger partial charge in [-0.3, -0.25) is 0 Å². The third kappa shape index (κ3) is 4.09. The van der Waals surface area contributed by atoms with Crippen LogP contribution >= 0.6 is 0 Å². The van der Waals surface area contributed by atoms with Crippen molar-refractivity contribution in [1.82, 2.24) is 4.57 Å². The maximum atomic E-state index is 5.86. The fraction of sp³-hybridized carbons (Fsp3) is 0.529. The molecule has 0 saturated heterocycles. The van der Waals surface area contributed by atoms with E-state index in [2.05, 4.69) is 55.8 Å². The Bertz CT molecular complexity index is 564. The molecule has 0 spiro atoms. The highest BCUT2D eigenvalue weighted by Crippen LogP contribution is 2.19. The Hall–Kier alpha value is -1.32. The Kier molecular flexibility index (Phi) is 4.51. The number of hydrogen-bond donors (Lipinski definition) is 1. The summed E-state index contributed by atoms with van der Waals surface area (Å²) in [5.74, 6) is 0. The van der Waals surface area contributed by atoms with Crippen molar-refractivity contribution >= 4 is 10.9 Å². The van der Waals surface area contributed by atoms with E-state index in [1.54, 1.807) is 0 Å². The molecule has 0 aliphatic carbocycles. The maximum Gasteiger partial charge on any atom is 0.0652 e. The standard InChI is InChI=1S/C17H26N2O/c1-13(18)11-14-5-6-16-15(12-14)7-8-19(16)9-10-20-17(2,3)4/h5-8,12-13H,9-11,18H2,1-4H3. The van der Waals surface area contributed by atoms with Gasteiger partial charge >= 0.3 is 0 Å². The molecule has 1 heterocycles. The highest BCUT2D eigenvalue weighted by Gasteiger charge is 2.10. The second-order valence-corrected chi connectivity index (χ2v) is 6.54. The van der Waals surface area contributed by atoms with Crippen molar-refractivity contribution in [3.8, 4) is 0 Å². The van der Waals surface area contributed by atoms with Crippen molar-refractivity contribution in [2.45, 2.75) is 52.3 Å². The molecule has 1 aromatic carbocycles. The fourth-order valence-corrected chi connectivity index (χ4v) is 2.39. The van der Waals surface area contributed by atoms with Crippen molar-refractivity contribution < 1.29 is 4.74 Å². The Morgan fingerprint density at radius 1 is 1.25 bits per heavy atom. The van der Waals surface area contributed by atoms with Crippen molar-refractivity contribution in [2.75, 3.05) is 6.61 Å². The highest BCUT2D eigenvalue weighted by molar-refractivity contribution is 5.80. The van der Waals surface area contributed by atoms with E-state index in [0.29, 0.717) is 0 Å². The van der Waals surface area contributed by atoms with E-state index in [4.69, 9.17) is 10.5 Å². The topological polar surface area (TPSA) is 40.2 Å². The fourth-order valence-electron chi connectivity index (χ4n) is 2.39. The van der Waals surface area contributed by atoms with Gasteiger partial charge in [-0.05, 0) is 63.3 Å². The van der Waals surface area contributed by atoms with Gasteiger partial charge in [-0.25, -0.2) is 0 Å². The summed E-state index contributed by atoms with van der Waals surface area (Å²) in [6.07, 6.45) is 3.06. The summed E-state index contributed by atoms with van der Waals surface area (Å²) in [6, 6.07) is 8.96. The molecule has 2 aromatic rings. The van der Waals surface area contributed by atoms with E-state index in [1.807, 2.05) is 6.92 Å². The molecule has 0 radical (unpaired) electrons. The highest BCUT2D eigenvalue weighted by atomic mass is 16.5. The van der Waals surface area contributed by atoms with E-state index in [1.165, 1.54) is 16.5 Å². The molecule has 0 amide bonds. The number of hydrogen-bond acceptors (Lipinski definition) is 2. The predicted molar refractivity (Wildman–Crippen MR) is 85.0 cm³/mol. The molecule has 2 rings (SSSR count). The zero-order chi connectivity index (χ0) is 14.8. The molecule has 0 aliphatic rings. The Labute approximate surface area is 121 Å². The lowest BCUT2D eigenvalue weighted by Gasteiger charge is -2.19. The van der Waals surface area contributed by atoms with Crippen LogP contribution in [0.2, 0.25) is 0 Å². The first-order valence-electron chi connectivity index (χ1n) is 7.32. The van der Waals surface area contributed by atoms with Crippen LogP contribution in [0.1, 0.15) is 33.3 Å². The zero-order valence-corrected chi connectivity index (χ0v) is 13.0. The summed E-state index contributed by atoms with van der Waals surface area (Å²) in [5, 5.41) is 1.28. The van der Waals surface area contributed by atoms with Gasteiger partial charge < -0.3 is 15.0 Å². The molecule has 3 nitrogen and oxygen atoms in total. The molecule has 2 N–H and O–H groups in total. The van der Waals surface area contributed by atoms with Crippen LogP contribution in [0.4, 0.5) is 0 Å². The number of aromatic nitrogens is 1. The van der Waals surface area contributed by atoms with Crippen molar-refractivity contribution in [1.29, 1.82) is 0 Å². The van der Waals surface area contributed by atoms with Crippen molar-refractivity contribution in [3.05, 3.63) is 36.0 Å². The first-order valence-corrected chi connectivity index (χ1v) is 7.32. The molecule has 0 fully saturated rings. The van der Waals surface area contributed by atoms with Gasteiger partial charge in [0, 0.05) is 24.3 Å². The lowest BCUT2D eigenvalue weighted by atomic mass is 10.1. The van der Waals surface area contributed by atoms with E-state index in [-0.39, 0.29) is 11.6 Å². The van der Waals surface area contributed by atoms with Crippen LogP contribution in [-0.2, 0) is 17.7 Å². The average Bonchev–Trinajstić information content (AvgIpc) is 2.69. The monoisotopic (exact) mass is 274 g/mol. The molecule has 1 atom stereocenters. The molecule has 110 valence electrons. The predicted octanol–water partition coefficient (Wildman–Crippen LogP) is 3.35. The molecule has 1 unspecified atom stereocenters. The Balaban J connectivity index is 2.08. The first kappa shape index (κ1) is 15.1. The number of rotatable bonds is 5. The van der Waals surface area contributed by atoms with Gasteiger partial charge in [-0.15, -0.1) is 0 Å². The van der Waals surface area contributed by atoms with Crippen LogP contribution in [0, 0.1) is 0 Å². The minimum absolute atomic E-state index is 0.0760. The molecular formula is C17H26N2O. The molecule has 0 bridgehead atoms. The van der Waals surface area contributed by atoms with Crippen LogP contribution < -0.4 is 5.73 Å². The van der Waals surface area contributed by atoms with Gasteiger partial charge in [0.25, 0.3) is 0 Å². The zero-order valence-electron chi connectivity index (χ0n) is 13.0. The van der Waals surface area contributed by atoms with E-state index in [9.17, 15) is 0 Å². The maximum absolute atomic E-state index is 5.86. The SMILES string of the molecule is CC(N)Cc1ccc2c(ccn2CCOC(C)(C)C)c1. The quantitative estimate of drug-likeness (QED) is 0.908. The number of nitrogens with zero attached hydrogens (tertiary/aromatic N) is 1. The second-order valence-electron chi connectivity index (χ2n) is 6.54. The molecule has 0 aliphatic heterocycles. The molecule has 0 saturated carbocycles. The minimum Gasteiger partial charge on any atom is -0.374 e. The minimum atomic E-state index is -0.0760. The number of fused-ring (bicyclic) bond motifs is 1. The lowest BCUT2D eigenvalue weighted by molar-refractivity contribution is -0.00644. The molecule has 20 heavy (non-hydrogen) atoms. The van der Waals surface area contributed by atoms with Crippen molar-refractivity contribution in [3.63, 3.8) is 0 Å². The Morgan fingerprint density at radius 2 is 2.00 bits per heavy atom. The van der Waals surface area contributed by atoms with Crippen LogP contribution in [0.5, 0.6) is 0 Å². The van der Waals surface area contributed by atoms with Crippen LogP contribution in [0.25, 0.3) is 10.9 Å². The van der Waals surface area contributed by atoms with Gasteiger partial charge in [-0.1, -0.05) is 6.07 Å². The number of ether oxygens (including phenoxy) is 1. The van der Waals surface area contributed by atoms with Gasteiger partial charge in [0.1, 0.15) is 0 Å². The summed E-state index contributed by atoms with van der Waals surface area (Å²) in [4.78, 5) is 0. The summed E-state index contributed by atoms with van der Waals surface area (Å²) < 4.78 is 8.04. The third-order valence-electron chi connectivity index (χ3n) is 3.26. The summed E-state index contributed by atoms with van der Waals surface area (Å²) in [7, 11) is 0. The summed E-state index contributed by atoms with van der Waals surface area (Å²) in [6.45, 7) is 9.91. The summed E-state index contributed by atoms with van der Waals surface area (Å²) >= 11 is 0. The normalized spacial score (nSPS) is 13.8. The lowest BCUT2D eigenvalue weighted by Crippen LogP contribution is -2.21. The molecular weight excluding hydrogens is 248 g/mol. The van der Waals surface area contributed by atoms with E-state index in [0.717, 1.165) is 19.6 Å². The Morgan fingerprint density at radius 3 is 2.65 bits per heavy atom. The van der Waals surface area contributed by atoms with Gasteiger partial charge in [0.15, 0.2) is 0 Å². The van der Waals surface area contributed by atoms with E-state index >= 15 is 0 Å². The number of benzene rings is 1. The molecule has 3 heteroatoms. The van der Waals surface area contributed by atoms with Crippen LogP contribution in [-0.4, -0.2) is 22.8 Å². The van der Waals surface area contributed by atoms with Crippen LogP contribution in [0.15, 0.2) is 30.5 Å². The first-order chi connectivity index (χ1) is 9.35. The van der Waals surface area contributed by atoms with Gasteiger partial charge in [-0.2, -0.15) is 0 Å². The van der Waals surface area contributed by atoms with Gasteiger partial charge in [0.05, 0.1) is 12.2 Å². The third-order valence-corrected chi connectivity index (χ3v) is 3.26. The molecule has 1 aromatic heterocycles. The second kappa shape index (κ2) is 5.98. The van der Waals surface area contributed by atoms with Gasteiger partial charge in [0.2, 0.25) is 0 Å². The smallest absolute Gasteiger partial charge is 0.0652 e. The van der Waals surface area contributed by atoms with Crippen LogP contribution in [0.3, 0.4) is 0 Å². The number of nitrogens with two attached hydrogens (primary N) is 1. The largest absolute Gasteiger partial charge is 0.374 e. The van der Waals surface area contributed by atoms with E-state index < -0.39 is 0 Å². The van der Waals surface area contributed by atoms with Crippen molar-refractivity contribution in [2.24, 2.45) is 5.73 Å². The average molecular weight is 274 g/mol.